The van der Waals surface area contributed by atoms with Crippen LogP contribution in [0.1, 0.15) is 32.8 Å². The Morgan fingerprint density at radius 3 is 2.29 bits per heavy atom. The number of aliphatic carboxylic acids is 1. The molecule has 21 heavy (non-hydrogen) atoms. The number of nitrogens with one attached hydrogen (secondary N) is 2. The zero-order chi connectivity index (χ0) is 15.8. The normalized spacial score (nSPS) is 12.2. The van der Waals surface area contributed by atoms with Crippen molar-refractivity contribution in [2.24, 2.45) is 5.92 Å². The van der Waals surface area contributed by atoms with Gasteiger partial charge in [-0.15, -0.1) is 0 Å². The highest BCUT2D eigenvalue weighted by molar-refractivity contribution is 5.88. The number of hydrogen-bond donors (Lipinski definition) is 3. The van der Waals surface area contributed by atoms with Gasteiger partial charge >= 0.3 is 5.97 Å². The van der Waals surface area contributed by atoms with Gasteiger partial charge in [-0.2, -0.15) is 0 Å². The number of amides is 1. The van der Waals surface area contributed by atoms with Crippen molar-refractivity contribution in [2.75, 3.05) is 11.9 Å². The van der Waals surface area contributed by atoms with Crippen LogP contribution in [0.15, 0.2) is 24.3 Å². The molecule has 1 amide bonds. The topological polar surface area (TPSA) is 78.4 Å². The molecular weight excluding hydrogens is 268 g/mol. The SMILES string of the molecule is CC(=O)Nc1ccc(CC(CC(=O)O)NCC(C)C)cc1. The molecule has 0 aliphatic carbocycles. The second-order valence-corrected chi connectivity index (χ2v) is 5.68. The summed E-state index contributed by atoms with van der Waals surface area (Å²) in [4.78, 5) is 21.9. The predicted octanol–water partition coefficient (Wildman–Crippen LogP) is 2.28. The van der Waals surface area contributed by atoms with Gasteiger partial charge in [-0.25, -0.2) is 0 Å². The maximum absolute atomic E-state index is 11.0. The number of anilines is 1. The molecule has 0 aliphatic heterocycles. The fourth-order valence-electron chi connectivity index (χ4n) is 2.04. The minimum atomic E-state index is -0.800. The maximum atomic E-state index is 11.0. The van der Waals surface area contributed by atoms with Crippen molar-refractivity contribution < 1.29 is 14.7 Å². The van der Waals surface area contributed by atoms with Gasteiger partial charge in [0, 0.05) is 18.7 Å². The van der Waals surface area contributed by atoms with Crippen LogP contribution in [-0.4, -0.2) is 29.6 Å². The van der Waals surface area contributed by atoms with Crippen molar-refractivity contribution in [3.63, 3.8) is 0 Å². The first kappa shape index (κ1) is 17.2. The smallest absolute Gasteiger partial charge is 0.304 e. The zero-order valence-electron chi connectivity index (χ0n) is 12.8. The van der Waals surface area contributed by atoms with E-state index in [1.807, 2.05) is 24.3 Å². The van der Waals surface area contributed by atoms with Crippen molar-refractivity contribution in [2.45, 2.75) is 39.7 Å². The average molecular weight is 292 g/mol. The average Bonchev–Trinajstić information content (AvgIpc) is 2.37. The molecule has 5 nitrogen and oxygen atoms in total. The van der Waals surface area contributed by atoms with Crippen LogP contribution in [-0.2, 0) is 16.0 Å². The fraction of sp³-hybridized carbons (Fsp3) is 0.500. The van der Waals surface area contributed by atoms with Crippen LogP contribution in [0, 0.1) is 5.92 Å². The molecule has 5 heteroatoms. The molecule has 0 aliphatic rings. The second-order valence-electron chi connectivity index (χ2n) is 5.68. The molecule has 0 bridgehead atoms. The molecule has 116 valence electrons. The lowest BCUT2D eigenvalue weighted by atomic mass is 10.0. The Bertz CT molecular complexity index is 469. The van der Waals surface area contributed by atoms with Crippen LogP contribution in [0.25, 0.3) is 0 Å². The molecule has 1 atom stereocenters. The summed E-state index contributed by atoms with van der Waals surface area (Å²) in [6.07, 6.45) is 0.750. The van der Waals surface area contributed by atoms with E-state index in [-0.39, 0.29) is 18.4 Å². The quantitative estimate of drug-likeness (QED) is 0.687. The molecule has 1 rings (SSSR count). The van der Waals surface area contributed by atoms with Gasteiger partial charge in [-0.3, -0.25) is 9.59 Å². The third kappa shape index (κ3) is 7.46. The van der Waals surface area contributed by atoms with E-state index in [1.165, 1.54) is 6.92 Å². The van der Waals surface area contributed by atoms with Gasteiger partial charge in [-0.05, 0) is 36.6 Å². The minimum Gasteiger partial charge on any atom is -0.481 e. The standard InChI is InChI=1S/C16H24N2O3/c1-11(2)10-17-15(9-16(20)21)8-13-4-6-14(7-5-13)18-12(3)19/h4-7,11,15,17H,8-10H2,1-3H3,(H,18,19)(H,20,21). The highest BCUT2D eigenvalue weighted by atomic mass is 16.4. The summed E-state index contributed by atoms with van der Waals surface area (Å²) >= 11 is 0. The number of carbonyl (C=O) groups is 2. The van der Waals surface area contributed by atoms with Crippen molar-refractivity contribution in [3.05, 3.63) is 29.8 Å². The van der Waals surface area contributed by atoms with Crippen LogP contribution < -0.4 is 10.6 Å². The summed E-state index contributed by atoms with van der Waals surface area (Å²) in [6, 6.07) is 7.40. The lowest BCUT2D eigenvalue weighted by Crippen LogP contribution is -2.35. The van der Waals surface area contributed by atoms with E-state index in [4.69, 9.17) is 5.11 Å². The lowest BCUT2D eigenvalue weighted by molar-refractivity contribution is -0.137. The molecule has 1 aromatic carbocycles. The van der Waals surface area contributed by atoms with Gasteiger partial charge in [0.05, 0.1) is 6.42 Å². The number of carboxylic acid groups (broad SMARTS) is 1. The Labute approximate surface area is 125 Å². The Morgan fingerprint density at radius 2 is 1.81 bits per heavy atom. The van der Waals surface area contributed by atoms with E-state index in [2.05, 4.69) is 24.5 Å². The van der Waals surface area contributed by atoms with E-state index in [0.717, 1.165) is 17.8 Å². The largest absolute Gasteiger partial charge is 0.481 e. The summed E-state index contributed by atoms with van der Waals surface area (Å²) in [5.74, 6) is -0.431. The van der Waals surface area contributed by atoms with Gasteiger partial charge in [0.1, 0.15) is 0 Å². The third-order valence-corrected chi connectivity index (χ3v) is 2.99. The Balaban J connectivity index is 2.64. The molecule has 1 aromatic rings. The molecule has 0 aromatic heterocycles. The van der Waals surface area contributed by atoms with Crippen molar-refractivity contribution >= 4 is 17.6 Å². The van der Waals surface area contributed by atoms with Crippen molar-refractivity contribution in [3.8, 4) is 0 Å². The monoisotopic (exact) mass is 292 g/mol. The van der Waals surface area contributed by atoms with Gasteiger partial charge in [-0.1, -0.05) is 26.0 Å². The second kappa shape index (κ2) is 8.42. The first-order valence-electron chi connectivity index (χ1n) is 7.18. The van der Waals surface area contributed by atoms with Gasteiger partial charge in [0.15, 0.2) is 0 Å². The van der Waals surface area contributed by atoms with Gasteiger partial charge in [0.25, 0.3) is 0 Å². The molecule has 3 N–H and O–H groups in total. The molecular formula is C16H24N2O3. The molecule has 1 unspecified atom stereocenters. The number of benzene rings is 1. The van der Waals surface area contributed by atoms with E-state index in [9.17, 15) is 9.59 Å². The summed E-state index contributed by atoms with van der Waals surface area (Å²) in [5.41, 5.74) is 1.79. The van der Waals surface area contributed by atoms with Crippen molar-refractivity contribution in [1.29, 1.82) is 0 Å². The summed E-state index contributed by atoms with van der Waals surface area (Å²) in [5, 5.41) is 15.0. The third-order valence-electron chi connectivity index (χ3n) is 2.99. The van der Waals surface area contributed by atoms with Crippen LogP contribution >= 0.6 is 0 Å². The van der Waals surface area contributed by atoms with Gasteiger partial charge < -0.3 is 15.7 Å². The predicted molar refractivity (Wildman–Crippen MR) is 83.3 cm³/mol. The zero-order valence-corrected chi connectivity index (χ0v) is 12.8. The molecule has 0 saturated heterocycles. The van der Waals surface area contributed by atoms with Gasteiger partial charge in [0.2, 0.25) is 5.91 Å². The maximum Gasteiger partial charge on any atom is 0.304 e. The molecule has 0 heterocycles. The number of hydrogen-bond acceptors (Lipinski definition) is 3. The summed E-state index contributed by atoms with van der Waals surface area (Å²) in [6.45, 7) is 6.44. The van der Waals surface area contributed by atoms with E-state index >= 15 is 0 Å². The van der Waals surface area contributed by atoms with E-state index < -0.39 is 5.97 Å². The van der Waals surface area contributed by atoms with E-state index in [0.29, 0.717) is 12.3 Å². The first-order chi connectivity index (χ1) is 9.86. The Kier molecular flexibility index (Phi) is 6.88. The highest BCUT2D eigenvalue weighted by Crippen LogP contribution is 2.12. The van der Waals surface area contributed by atoms with Crippen LogP contribution in [0.5, 0.6) is 0 Å². The first-order valence-corrected chi connectivity index (χ1v) is 7.18. The van der Waals surface area contributed by atoms with Crippen LogP contribution in [0.3, 0.4) is 0 Å². The molecule has 0 saturated carbocycles. The lowest BCUT2D eigenvalue weighted by Gasteiger charge is -2.18. The summed E-state index contributed by atoms with van der Waals surface area (Å²) < 4.78 is 0. The molecule has 0 radical (unpaired) electrons. The summed E-state index contributed by atoms with van der Waals surface area (Å²) in [7, 11) is 0. The Morgan fingerprint density at radius 1 is 1.19 bits per heavy atom. The number of carboxylic acids is 1. The minimum absolute atomic E-state index is 0.0866. The van der Waals surface area contributed by atoms with E-state index in [1.54, 1.807) is 0 Å². The van der Waals surface area contributed by atoms with Crippen LogP contribution in [0.2, 0.25) is 0 Å². The van der Waals surface area contributed by atoms with Crippen molar-refractivity contribution in [1.82, 2.24) is 5.32 Å². The fourth-order valence-corrected chi connectivity index (χ4v) is 2.04. The highest BCUT2D eigenvalue weighted by Gasteiger charge is 2.14. The molecule has 0 spiro atoms. The number of carbonyl (C=O) groups excluding carboxylic acids is 1. The molecule has 0 fully saturated rings. The Hall–Kier alpha value is -1.88. The number of rotatable bonds is 8. The van der Waals surface area contributed by atoms with Crippen LogP contribution in [0.4, 0.5) is 5.69 Å².